The van der Waals surface area contributed by atoms with Gasteiger partial charge in [-0.05, 0) is 59.4 Å². The van der Waals surface area contributed by atoms with Gasteiger partial charge in [0.25, 0.3) is 5.91 Å². The molecule has 4 aromatic rings. The molecular weight excluding hydrogens is 418 g/mol. The lowest BCUT2D eigenvalue weighted by atomic mass is 9.89. The second kappa shape index (κ2) is 9.56. The van der Waals surface area contributed by atoms with E-state index in [4.69, 9.17) is 5.26 Å². The maximum absolute atomic E-state index is 13.0. The van der Waals surface area contributed by atoms with Crippen molar-refractivity contribution in [2.24, 2.45) is 0 Å². The molecule has 34 heavy (non-hydrogen) atoms. The number of carbonyl (C=O) groups excluding carboxylic acids is 1. The Morgan fingerprint density at radius 3 is 2.38 bits per heavy atom. The molecule has 3 aromatic carbocycles. The van der Waals surface area contributed by atoms with E-state index in [1.807, 2.05) is 65.5 Å². The molecule has 0 unspecified atom stereocenters. The third-order valence-electron chi connectivity index (χ3n) is 6.14. The minimum Gasteiger partial charge on any atom is -0.322 e. The molecule has 0 atom stereocenters. The summed E-state index contributed by atoms with van der Waals surface area (Å²) in [6.07, 6.45) is 7.41. The maximum atomic E-state index is 13.0. The minimum atomic E-state index is -0.0509. The van der Waals surface area contributed by atoms with Crippen LogP contribution in [0, 0.1) is 11.3 Å². The molecule has 5 rings (SSSR count). The molecule has 164 valence electrons. The zero-order chi connectivity index (χ0) is 23.3. The number of nitrogens with one attached hydrogen (secondary N) is 1. The zero-order valence-electron chi connectivity index (χ0n) is 18.7. The third kappa shape index (κ3) is 4.79. The van der Waals surface area contributed by atoms with Gasteiger partial charge in [0.05, 0.1) is 11.6 Å². The SMILES string of the molecule is N#Cc1cc[n+](Cc2ccc(NC(=O)C3=Cc4cc(-c5ccccc5)ccc4CC3)cc2)cc1. The van der Waals surface area contributed by atoms with E-state index in [0.29, 0.717) is 12.1 Å². The number of amides is 1. The van der Waals surface area contributed by atoms with Gasteiger partial charge in [-0.3, -0.25) is 4.79 Å². The van der Waals surface area contributed by atoms with Crippen LogP contribution in [0.1, 0.15) is 28.7 Å². The Balaban J connectivity index is 1.27. The largest absolute Gasteiger partial charge is 0.322 e. The molecular formula is C30H24N3O+. The van der Waals surface area contributed by atoms with E-state index in [-0.39, 0.29) is 5.91 Å². The number of rotatable bonds is 5. The first-order valence-electron chi connectivity index (χ1n) is 11.4. The molecule has 1 heterocycles. The summed E-state index contributed by atoms with van der Waals surface area (Å²) in [4.78, 5) is 13.0. The van der Waals surface area contributed by atoms with Crippen molar-refractivity contribution in [1.82, 2.24) is 0 Å². The summed E-state index contributed by atoms with van der Waals surface area (Å²) in [5, 5.41) is 12.0. The van der Waals surface area contributed by atoms with Gasteiger partial charge in [-0.15, -0.1) is 0 Å². The molecule has 1 amide bonds. The fraction of sp³-hybridized carbons (Fsp3) is 0.100. The van der Waals surface area contributed by atoms with Crippen LogP contribution >= 0.6 is 0 Å². The van der Waals surface area contributed by atoms with Crippen LogP contribution < -0.4 is 9.88 Å². The summed E-state index contributed by atoms with van der Waals surface area (Å²) in [5.41, 5.74) is 8.08. The van der Waals surface area contributed by atoms with Crippen molar-refractivity contribution in [1.29, 1.82) is 5.26 Å². The Bertz CT molecular complexity index is 1400. The number of benzene rings is 3. The monoisotopic (exact) mass is 442 g/mol. The number of nitriles is 1. The second-order valence-electron chi connectivity index (χ2n) is 8.47. The van der Waals surface area contributed by atoms with Gasteiger partial charge < -0.3 is 5.32 Å². The molecule has 0 spiro atoms. The standard InChI is InChI=1S/C30H23N3O/c31-20-22-14-16-33(17-15-22)21-23-6-12-29(13-7-23)32-30(34)27-11-9-25-8-10-26(18-28(25)19-27)24-4-2-1-3-5-24/h1-8,10,12-19H,9,11,21H2/p+1. The van der Waals surface area contributed by atoms with E-state index in [9.17, 15) is 4.79 Å². The quantitative estimate of drug-likeness (QED) is 0.413. The predicted molar refractivity (Wildman–Crippen MR) is 134 cm³/mol. The molecule has 1 aliphatic rings. The fourth-order valence-electron chi connectivity index (χ4n) is 4.23. The number of pyridine rings is 1. The number of aromatic nitrogens is 1. The first-order valence-corrected chi connectivity index (χ1v) is 11.4. The van der Waals surface area contributed by atoms with E-state index in [1.54, 1.807) is 12.1 Å². The van der Waals surface area contributed by atoms with Crippen LogP contribution in [0.2, 0.25) is 0 Å². The number of hydrogen-bond donors (Lipinski definition) is 1. The second-order valence-corrected chi connectivity index (χ2v) is 8.47. The van der Waals surface area contributed by atoms with Crippen molar-refractivity contribution in [3.8, 4) is 17.2 Å². The van der Waals surface area contributed by atoms with Gasteiger partial charge in [0.15, 0.2) is 18.9 Å². The lowest BCUT2D eigenvalue weighted by Gasteiger charge is -2.17. The summed E-state index contributed by atoms with van der Waals surface area (Å²) in [5.74, 6) is -0.0509. The lowest BCUT2D eigenvalue weighted by Crippen LogP contribution is -2.33. The molecule has 0 aliphatic heterocycles. The molecule has 0 radical (unpaired) electrons. The topological polar surface area (TPSA) is 56.8 Å². The molecule has 1 aromatic heterocycles. The van der Waals surface area contributed by atoms with E-state index in [0.717, 1.165) is 40.8 Å². The normalized spacial score (nSPS) is 12.3. The number of fused-ring (bicyclic) bond motifs is 1. The van der Waals surface area contributed by atoms with Gasteiger partial charge in [0.1, 0.15) is 0 Å². The van der Waals surface area contributed by atoms with E-state index < -0.39 is 0 Å². The average molecular weight is 443 g/mol. The van der Waals surface area contributed by atoms with Crippen LogP contribution in [0.15, 0.2) is 103 Å². The number of anilines is 1. The highest BCUT2D eigenvalue weighted by Crippen LogP contribution is 2.29. The highest BCUT2D eigenvalue weighted by molar-refractivity contribution is 6.07. The zero-order valence-corrected chi connectivity index (χ0v) is 18.7. The molecule has 0 fully saturated rings. The third-order valence-corrected chi connectivity index (χ3v) is 6.14. The Kier molecular flexibility index (Phi) is 6.01. The molecule has 4 nitrogen and oxygen atoms in total. The van der Waals surface area contributed by atoms with Crippen LogP contribution in [0.25, 0.3) is 17.2 Å². The average Bonchev–Trinajstić information content (AvgIpc) is 2.90. The van der Waals surface area contributed by atoms with Gasteiger partial charge in [0.2, 0.25) is 0 Å². The number of nitrogens with zero attached hydrogens (tertiary/aromatic N) is 2. The Morgan fingerprint density at radius 1 is 0.882 bits per heavy atom. The Hall–Kier alpha value is -4.49. The van der Waals surface area contributed by atoms with E-state index in [1.165, 1.54) is 11.1 Å². The number of aryl methyl sites for hydroxylation is 1. The van der Waals surface area contributed by atoms with Crippen LogP contribution in [-0.4, -0.2) is 5.91 Å². The molecule has 4 heteroatoms. The van der Waals surface area contributed by atoms with Gasteiger partial charge in [-0.1, -0.05) is 54.6 Å². The number of hydrogen-bond acceptors (Lipinski definition) is 2. The van der Waals surface area contributed by atoms with Crippen molar-refractivity contribution in [2.45, 2.75) is 19.4 Å². The summed E-state index contributed by atoms with van der Waals surface area (Å²) in [7, 11) is 0. The molecule has 0 saturated carbocycles. The fourth-order valence-corrected chi connectivity index (χ4v) is 4.23. The molecule has 1 N–H and O–H groups in total. The summed E-state index contributed by atoms with van der Waals surface area (Å²) in [6.45, 7) is 0.700. The van der Waals surface area contributed by atoms with Crippen molar-refractivity contribution in [2.75, 3.05) is 5.32 Å². The van der Waals surface area contributed by atoms with Crippen LogP contribution in [-0.2, 0) is 17.8 Å². The summed E-state index contributed by atoms with van der Waals surface area (Å²) < 4.78 is 2.02. The van der Waals surface area contributed by atoms with Gasteiger partial charge >= 0.3 is 0 Å². The smallest absolute Gasteiger partial charge is 0.251 e. The lowest BCUT2D eigenvalue weighted by molar-refractivity contribution is -0.688. The van der Waals surface area contributed by atoms with Crippen LogP contribution in [0.4, 0.5) is 5.69 Å². The highest BCUT2D eigenvalue weighted by atomic mass is 16.1. The van der Waals surface area contributed by atoms with Crippen molar-refractivity contribution >= 4 is 17.7 Å². The molecule has 0 bridgehead atoms. The molecule has 1 aliphatic carbocycles. The first-order chi connectivity index (χ1) is 16.7. The van der Waals surface area contributed by atoms with Gasteiger partial charge in [0, 0.05) is 29.0 Å². The summed E-state index contributed by atoms with van der Waals surface area (Å²) in [6, 6.07) is 30.4. The maximum Gasteiger partial charge on any atom is 0.251 e. The van der Waals surface area contributed by atoms with Gasteiger partial charge in [-0.2, -0.15) is 5.26 Å². The van der Waals surface area contributed by atoms with Crippen LogP contribution in [0.5, 0.6) is 0 Å². The van der Waals surface area contributed by atoms with E-state index >= 15 is 0 Å². The van der Waals surface area contributed by atoms with E-state index in [2.05, 4.69) is 41.7 Å². The Morgan fingerprint density at radius 2 is 1.65 bits per heavy atom. The predicted octanol–water partition coefficient (Wildman–Crippen LogP) is 5.53. The highest BCUT2D eigenvalue weighted by Gasteiger charge is 2.17. The van der Waals surface area contributed by atoms with Crippen molar-refractivity contribution in [3.05, 3.63) is 125 Å². The van der Waals surface area contributed by atoms with Crippen LogP contribution in [0.3, 0.4) is 0 Å². The number of carbonyl (C=O) groups is 1. The van der Waals surface area contributed by atoms with Crippen molar-refractivity contribution < 1.29 is 9.36 Å². The first kappa shape index (κ1) is 21.4. The minimum absolute atomic E-state index is 0.0509. The Labute approximate surface area is 199 Å². The summed E-state index contributed by atoms with van der Waals surface area (Å²) >= 11 is 0. The van der Waals surface area contributed by atoms with Gasteiger partial charge in [-0.25, -0.2) is 4.57 Å². The van der Waals surface area contributed by atoms with Crippen molar-refractivity contribution in [3.63, 3.8) is 0 Å². The molecule has 0 saturated heterocycles.